The molecule has 0 aromatic heterocycles. The van der Waals surface area contributed by atoms with Gasteiger partial charge in [0.25, 0.3) is 0 Å². The van der Waals surface area contributed by atoms with Gasteiger partial charge in [0.2, 0.25) is 5.91 Å². The fourth-order valence-corrected chi connectivity index (χ4v) is 0.705. The summed E-state index contributed by atoms with van der Waals surface area (Å²) in [5.41, 5.74) is 0. The van der Waals surface area contributed by atoms with E-state index in [1.165, 1.54) is 0 Å². The lowest BCUT2D eigenvalue weighted by Gasteiger charge is -1.98. The van der Waals surface area contributed by atoms with E-state index in [9.17, 15) is 4.79 Å². The van der Waals surface area contributed by atoms with Crippen molar-refractivity contribution in [3.63, 3.8) is 0 Å². The predicted molar refractivity (Wildman–Crippen MR) is 62.8 cm³/mol. The Morgan fingerprint density at radius 1 is 1.27 bits per heavy atom. The first-order valence-electron chi connectivity index (χ1n) is 5.27. The van der Waals surface area contributed by atoms with E-state index in [1.54, 1.807) is 14.2 Å². The van der Waals surface area contributed by atoms with E-state index in [-0.39, 0.29) is 5.91 Å². The standard InChI is InChI=1S/C5H12N2O.C5H13NO/c1-3-5(8)7-4-6-2;1-6-4-3-5-7-2/h6H,3-4H2,1-2H3,(H,7,8);6H,3-5H2,1-2H3. The largest absolute Gasteiger partial charge is 0.385 e. The normalized spacial score (nSPS) is 9.07. The smallest absolute Gasteiger partial charge is 0.220 e. The Morgan fingerprint density at radius 2 is 1.93 bits per heavy atom. The summed E-state index contributed by atoms with van der Waals surface area (Å²) in [5, 5.41) is 8.46. The lowest BCUT2D eigenvalue weighted by molar-refractivity contribution is -0.120. The van der Waals surface area contributed by atoms with Gasteiger partial charge in [-0.3, -0.25) is 4.79 Å². The molecular weight excluding hydrogens is 194 g/mol. The number of ether oxygens (including phenoxy) is 1. The molecule has 1 amide bonds. The van der Waals surface area contributed by atoms with Gasteiger partial charge in [0, 0.05) is 20.1 Å². The SMILES string of the molecule is CCC(=O)NCNC.CNCCCOC. The van der Waals surface area contributed by atoms with Gasteiger partial charge in [-0.05, 0) is 27.1 Å². The number of methoxy groups -OCH3 is 1. The molecule has 0 rings (SSSR count). The van der Waals surface area contributed by atoms with Crippen LogP contribution in [-0.2, 0) is 9.53 Å². The van der Waals surface area contributed by atoms with Crippen LogP contribution in [0, 0.1) is 0 Å². The Hall–Kier alpha value is -0.650. The number of rotatable bonds is 7. The maximum absolute atomic E-state index is 10.4. The van der Waals surface area contributed by atoms with E-state index in [0.29, 0.717) is 13.1 Å². The zero-order valence-electron chi connectivity index (χ0n) is 10.4. The fourth-order valence-electron chi connectivity index (χ4n) is 0.705. The molecule has 0 heterocycles. The third-order valence-electron chi connectivity index (χ3n) is 1.56. The lowest BCUT2D eigenvalue weighted by atomic mass is 10.5. The first-order chi connectivity index (χ1) is 7.22. The van der Waals surface area contributed by atoms with Crippen LogP contribution in [0.1, 0.15) is 19.8 Å². The molecule has 92 valence electrons. The summed E-state index contributed by atoms with van der Waals surface area (Å²) in [7, 11) is 5.45. The Balaban J connectivity index is 0. The van der Waals surface area contributed by atoms with Crippen molar-refractivity contribution in [2.75, 3.05) is 41.0 Å². The second-order valence-electron chi connectivity index (χ2n) is 2.93. The summed E-state index contributed by atoms with van der Waals surface area (Å²) in [4.78, 5) is 10.4. The van der Waals surface area contributed by atoms with Crippen LogP contribution >= 0.6 is 0 Å². The summed E-state index contributed by atoms with van der Waals surface area (Å²) < 4.78 is 4.80. The maximum atomic E-state index is 10.4. The molecule has 0 aliphatic carbocycles. The third kappa shape index (κ3) is 19.7. The van der Waals surface area contributed by atoms with Crippen molar-refractivity contribution >= 4 is 5.91 Å². The number of carbonyl (C=O) groups excluding carboxylic acids is 1. The average Bonchev–Trinajstić information content (AvgIpc) is 2.27. The summed E-state index contributed by atoms with van der Waals surface area (Å²) in [6.45, 7) is 4.30. The van der Waals surface area contributed by atoms with Crippen LogP contribution < -0.4 is 16.0 Å². The molecule has 0 spiro atoms. The Labute approximate surface area is 93.0 Å². The molecule has 0 aliphatic rings. The molecule has 0 unspecified atom stereocenters. The summed E-state index contributed by atoms with van der Waals surface area (Å²) in [6.07, 6.45) is 1.66. The first-order valence-corrected chi connectivity index (χ1v) is 5.27. The number of nitrogens with one attached hydrogen (secondary N) is 3. The van der Waals surface area contributed by atoms with E-state index in [1.807, 2.05) is 14.0 Å². The van der Waals surface area contributed by atoms with Crippen LogP contribution in [0.25, 0.3) is 0 Å². The predicted octanol–water partition coefficient (Wildman–Crippen LogP) is -0.0682. The van der Waals surface area contributed by atoms with Crippen LogP contribution in [0.2, 0.25) is 0 Å². The molecule has 0 saturated heterocycles. The lowest BCUT2D eigenvalue weighted by Crippen LogP contribution is -2.30. The Bertz CT molecular complexity index is 128. The van der Waals surface area contributed by atoms with Crippen LogP contribution in [-0.4, -0.2) is 46.9 Å². The second kappa shape index (κ2) is 15.8. The molecule has 3 N–H and O–H groups in total. The molecule has 0 atom stereocenters. The first kappa shape index (κ1) is 16.8. The van der Waals surface area contributed by atoms with Gasteiger partial charge in [0.15, 0.2) is 0 Å². The average molecular weight is 219 g/mol. The van der Waals surface area contributed by atoms with Crippen molar-refractivity contribution in [1.29, 1.82) is 0 Å². The van der Waals surface area contributed by atoms with E-state index in [4.69, 9.17) is 4.74 Å². The van der Waals surface area contributed by atoms with E-state index < -0.39 is 0 Å². The molecule has 5 nitrogen and oxygen atoms in total. The quantitative estimate of drug-likeness (QED) is 0.414. The highest BCUT2D eigenvalue weighted by molar-refractivity contribution is 5.75. The second-order valence-corrected chi connectivity index (χ2v) is 2.93. The molecular formula is C10H25N3O2. The number of hydrogen-bond acceptors (Lipinski definition) is 4. The number of carbonyl (C=O) groups is 1. The van der Waals surface area contributed by atoms with Crippen molar-refractivity contribution in [2.24, 2.45) is 0 Å². The molecule has 5 heteroatoms. The molecule has 0 fully saturated rings. The van der Waals surface area contributed by atoms with Crippen LogP contribution in [0.3, 0.4) is 0 Å². The van der Waals surface area contributed by atoms with Crippen molar-refractivity contribution in [2.45, 2.75) is 19.8 Å². The summed E-state index contributed by atoms with van der Waals surface area (Å²) in [5.74, 6) is 0.0827. The third-order valence-corrected chi connectivity index (χ3v) is 1.56. The highest BCUT2D eigenvalue weighted by atomic mass is 16.5. The highest BCUT2D eigenvalue weighted by Gasteiger charge is 1.90. The minimum Gasteiger partial charge on any atom is -0.385 e. The number of amides is 1. The zero-order chi connectivity index (χ0) is 11.9. The Kier molecular flexibility index (Phi) is 17.7. The van der Waals surface area contributed by atoms with Gasteiger partial charge in [0.05, 0.1) is 6.67 Å². The van der Waals surface area contributed by atoms with Gasteiger partial charge in [-0.2, -0.15) is 0 Å². The fraction of sp³-hybridized carbons (Fsp3) is 0.900. The van der Waals surface area contributed by atoms with E-state index in [2.05, 4.69) is 16.0 Å². The highest BCUT2D eigenvalue weighted by Crippen LogP contribution is 1.73. The van der Waals surface area contributed by atoms with Crippen LogP contribution in [0.15, 0.2) is 0 Å². The van der Waals surface area contributed by atoms with Gasteiger partial charge < -0.3 is 20.7 Å². The van der Waals surface area contributed by atoms with E-state index in [0.717, 1.165) is 19.6 Å². The monoisotopic (exact) mass is 219 g/mol. The maximum Gasteiger partial charge on any atom is 0.220 e. The van der Waals surface area contributed by atoms with Gasteiger partial charge in [-0.15, -0.1) is 0 Å². The Morgan fingerprint density at radius 3 is 2.33 bits per heavy atom. The van der Waals surface area contributed by atoms with Gasteiger partial charge >= 0.3 is 0 Å². The van der Waals surface area contributed by atoms with Crippen molar-refractivity contribution in [3.05, 3.63) is 0 Å². The van der Waals surface area contributed by atoms with Crippen LogP contribution in [0.4, 0.5) is 0 Å². The van der Waals surface area contributed by atoms with Gasteiger partial charge in [-0.1, -0.05) is 6.92 Å². The molecule has 0 bridgehead atoms. The summed E-state index contributed by atoms with van der Waals surface area (Å²) >= 11 is 0. The molecule has 0 saturated carbocycles. The topological polar surface area (TPSA) is 62.4 Å². The molecule has 0 radical (unpaired) electrons. The minimum atomic E-state index is 0.0827. The molecule has 0 aromatic carbocycles. The molecule has 0 aromatic rings. The van der Waals surface area contributed by atoms with Gasteiger partial charge in [-0.25, -0.2) is 0 Å². The van der Waals surface area contributed by atoms with Crippen molar-refractivity contribution in [3.8, 4) is 0 Å². The van der Waals surface area contributed by atoms with Gasteiger partial charge in [0.1, 0.15) is 0 Å². The minimum absolute atomic E-state index is 0.0827. The van der Waals surface area contributed by atoms with Crippen molar-refractivity contribution in [1.82, 2.24) is 16.0 Å². The molecule has 0 aliphatic heterocycles. The number of hydrogen-bond donors (Lipinski definition) is 3. The zero-order valence-corrected chi connectivity index (χ0v) is 10.4. The van der Waals surface area contributed by atoms with Crippen molar-refractivity contribution < 1.29 is 9.53 Å². The van der Waals surface area contributed by atoms with E-state index >= 15 is 0 Å². The van der Waals surface area contributed by atoms with Crippen LogP contribution in [0.5, 0.6) is 0 Å². The molecule has 15 heavy (non-hydrogen) atoms. The summed E-state index contributed by atoms with van der Waals surface area (Å²) in [6, 6.07) is 0.